The smallest absolute Gasteiger partial charge is 0.227 e. The molecule has 1 saturated heterocycles. The van der Waals surface area contributed by atoms with Gasteiger partial charge < -0.3 is 20.3 Å². The fourth-order valence-electron chi connectivity index (χ4n) is 3.22. The Balaban J connectivity index is 1.47. The predicted octanol–water partition coefficient (Wildman–Crippen LogP) is 3.66. The summed E-state index contributed by atoms with van der Waals surface area (Å²) in [6, 6.07) is 20.0. The number of rotatable bonds is 6. The average Bonchev–Trinajstić information content (AvgIpc) is 2.79. The molecule has 1 aliphatic heterocycles. The number of ether oxygens (including phenoxy) is 1. The van der Waals surface area contributed by atoms with Crippen LogP contribution in [0.1, 0.15) is 0 Å². The van der Waals surface area contributed by atoms with Crippen LogP contribution in [0.4, 0.5) is 23.0 Å². The van der Waals surface area contributed by atoms with Gasteiger partial charge in [0.1, 0.15) is 6.54 Å². The first kappa shape index (κ1) is 18.7. The Bertz CT molecular complexity index is 993. The van der Waals surface area contributed by atoms with Crippen LogP contribution in [0.3, 0.4) is 0 Å². The molecule has 0 unspecified atom stereocenters. The van der Waals surface area contributed by atoms with Crippen molar-refractivity contribution in [1.29, 1.82) is 5.26 Å². The van der Waals surface area contributed by atoms with Crippen LogP contribution in [0.5, 0.6) is 0 Å². The summed E-state index contributed by atoms with van der Waals surface area (Å²) in [6.07, 6.45) is 1.74. The Kier molecular flexibility index (Phi) is 5.84. The van der Waals surface area contributed by atoms with Crippen LogP contribution in [0, 0.1) is 11.3 Å². The normalized spacial score (nSPS) is 13.6. The van der Waals surface area contributed by atoms with Gasteiger partial charge >= 0.3 is 0 Å². The van der Waals surface area contributed by atoms with E-state index in [4.69, 9.17) is 10.00 Å². The number of anilines is 4. The maximum Gasteiger partial charge on any atom is 0.227 e. The van der Waals surface area contributed by atoms with Gasteiger partial charge in [0.05, 0.1) is 25.0 Å². The molecule has 1 fully saturated rings. The highest BCUT2D eigenvalue weighted by atomic mass is 16.5. The van der Waals surface area contributed by atoms with Crippen molar-refractivity contribution in [2.75, 3.05) is 48.4 Å². The molecule has 0 aliphatic carbocycles. The number of benzene rings is 2. The zero-order chi connectivity index (χ0) is 19.9. The first-order valence-electron chi connectivity index (χ1n) is 9.56. The molecule has 0 atom stereocenters. The minimum atomic E-state index is 0.264. The van der Waals surface area contributed by atoms with Crippen LogP contribution in [0.25, 0.3) is 11.3 Å². The topological polar surface area (TPSA) is 86.1 Å². The Morgan fingerprint density at radius 2 is 1.86 bits per heavy atom. The largest absolute Gasteiger partial charge is 0.378 e. The van der Waals surface area contributed by atoms with Gasteiger partial charge in [0.15, 0.2) is 0 Å². The predicted molar refractivity (Wildman–Crippen MR) is 114 cm³/mol. The molecule has 0 radical (unpaired) electrons. The number of hydrogen-bond acceptors (Lipinski definition) is 7. The highest BCUT2D eigenvalue weighted by molar-refractivity contribution is 5.67. The molecule has 146 valence electrons. The molecule has 1 aliphatic rings. The summed E-state index contributed by atoms with van der Waals surface area (Å²) in [7, 11) is 0. The molecule has 3 aromatic rings. The fraction of sp³-hybridized carbons (Fsp3) is 0.227. The fourth-order valence-corrected chi connectivity index (χ4v) is 3.22. The molecule has 29 heavy (non-hydrogen) atoms. The van der Waals surface area contributed by atoms with Gasteiger partial charge in [-0.05, 0) is 42.5 Å². The SMILES string of the molecule is N#CCNc1cccc(-c2ccnc(Nc3ccc(N4CCOCC4)cc3)n2)c1. The quantitative estimate of drug-likeness (QED) is 0.625. The first-order chi connectivity index (χ1) is 14.3. The van der Waals surface area contributed by atoms with Crippen LogP contribution in [0.2, 0.25) is 0 Å². The minimum Gasteiger partial charge on any atom is -0.378 e. The lowest BCUT2D eigenvalue weighted by Crippen LogP contribution is -2.36. The number of nitrogens with zero attached hydrogens (tertiary/aromatic N) is 4. The zero-order valence-corrected chi connectivity index (χ0v) is 16.0. The van der Waals surface area contributed by atoms with E-state index < -0.39 is 0 Å². The van der Waals surface area contributed by atoms with Crippen LogP contribution < -0.4 is 15.5 Å². The van der Waals surface area contributed by atoms with E-state index in [1.165, 1.54) is 5.69 Å². The molecule has 2 aromatic carbocycles. The summed E-state index contributed by atoms with van der Waals surface area (Å²) in [4.78, 5) is 11.3. The van der Waals surface area contributed by atoms with Gasteiger partial charge in [-0.1, -0.05) is 12.1 Å². The van der Waals surface area contributed by atoms with Crippen LogP contribution in [-0.4, -0.2) is 42.8 Å². The third-order valence-electron chi connectivity index (χ3n) is 4.69. The summed E-state index contributed by atoms with van der Waals surface area (Å²) < 4.78 is 5.41. The second-order valence-electron chi connectivity index (χ2n) is 6.63. The molecular weight excluding hydrogens is 364 g/mol. The number of nitrogens with one attached hydrogen (secondary N) is 2. The highest BCUT2D eigenvalue weighted by Crippen LogP contribution is 2.24. The number of aromatic nitrogens is 2. The highest BCUT2D eigenvalue weighted by Gasteiger charge is 2.11. The van der Waals surface area contributed by atoms with Crippen molar-refractivity contribution < 1.29 is 4.74 Å². The van der Waals surface area contributed by atoms with E-state index in [-0.39, 0.29) is 6.54 Å². The molecule has 4 rings (SSSR count). The lowest BCUT2D eigenvalue weighted by molar-refractivity contribution is 0.122. The maximum absolute atomic E-state index is 8.73. The Hall–Kier alpha value is -3.63. The monoisotopic (exact) mass is 386 g/mol. The lowest BCUT2D eigenvalue weighted by Gasteiger charge is -2.28. The molecule has 0 spiro atoms. The van der Waals surface area contributed by atoms with E-state index in [1.54, 1.807) is 6.20 Å². The molecule has 0 bridgehead atoms. The molecule has 2 heterocycles. The summed E-state index contributed by atoms with van der Waals surface area (Å²) in [5, 5.41) is 15.1. The zero-order valence-electron chi connectivity index (χ0n) is 16.0. The van der Waals surface area contributed by atoms with Crippen molar-refractivity contribution in [3.63, 3.8) is 0 Å². The van der Waals surface area contributed by atoms with E-state index in [0.29, 0.717) is 5.95 Å². The van der Waals surface area contributed by atoms with Gasteiger partial charge in [-0.25, -0.2) is 9.97 Å². The van der Waals surface area contributed by atoms with Gasteiger partial charge in [-0.3, -0.25) is 0 Å². The second-order valence-corrected chi connectivity index (χ2v) is 6.63. The summed E-state index contributed by atoms with van der Waals surface area (Å²) in [5.41, 5.74) is 4.78. The van der Waals surface area contributed by atoms with Crippen molar-refractivity contribution in [1.82, 2.24) is 9.97 Å². The van der Waals surface area contributed by atoms with E-state index >= 15 is 0 Å². The van der Waals surface area contributed by atoms with Crippen LogP contribution >= 0.6 is 0 Å². The van der Waals surface area contributed by atoms with E-state index in [1.807, 2.05) is 42.5 Å². The molecule has 0 saturated carbocycles. The number of hydrogen-bond donors (Lipinski definition) is 2. The number of morpholine rings is 1. The average molecular weight is 386 g/mol. The molecule has 7 nitrogen and oxygen atoms in total. The molecule has 2 N–H and O–H groups in total. The Labute approximate surface area is 170 Å². The van der Waals surface area contributed by atoms with Gasteiger partial charge in [-0.2, -0.15) is 5.26 Å². The lowest BCUT2D eigenvalue weighted by atomic mass is 10.1. The third-order valence-corrected chi connectivity index (χ3v) is 4.69. The van der Waals surface area contributed by atoms with E-state index in [9.17, 15) is 0 Å². The third kappa shape index (κ3) is 4.81. The first-order valence-corrected chi connectivity index (χ1v) is 9.56. The Morgan fingerprint density at radius 1 is 1.03 bits per heavy atom. The van der Waals surface area contributed by atoms with E-state index in [0.717, 1.165) is 48.9 Å². The molecular formula is C22H22N6O. The van der Waals surface area contributed by atoms with Gasteiger partial charge in [-0.15, -0.1) is 0 Å². The van der Waals surface area contributed by atoms with Gasteiger partial charge in [0.25, 0.3) is 0 Å². The van der Waals surface area contributed by atoms with Crippen molar-refractivity contribution in [2.45, 2.75) is 0 Å². The molecule has 1 aromatic heterocycles. The minimum absolute atomic E-state index is 0.264. The second kappa shape index (κ2) is 9.04. The van der Waals surface area contributed by atoms with E-state index in [2.05, 4.69) is 43.7 Å². The standard InChI is InChI=1S/C22H22N6O/c23-9-11-24-19-3-1-2-17(16-19)21-8-10-25-22(27-21)26-18-4-6-20(7-5-18)28-12-14-29-15-13-28/h1-8,10,16,24H,11-15H2,(H,25,26,27). The van der Waals surface area contributed by atoms with Crippen molar-refractivity contribution in [2.24, 2.45) is 0 Å². The van der Waals surface area contributed by atoms with Crippen LogP contribution in [0.15, 0.2) is 60.8 Å². The summed E-state index contributed by atoms with van der Waals surface area (Å²) in [6.45, 7) is 3.64. The van der Waals surface area contributed by atoms with Gasteiger partial charge in [0.2, 0.25) is 5.95 Å². The van der Waals surface area contributed by atoms with Crippen molar-refractivity contribution >= 4 is 23.0 Å². The summed E-state index contributed by atoms with van der Waals surface area (Å²) >= 11 is 0. The molecule has 7 heteroatoms. The van der Waals surface area contributed by atoms with Crippen molar-refractivity contribution in [3.05, 3.63) is 60.8 Å². The van der Waals surface area contributed by atoms with Gasteiger partial charge in [0, 0.05) is 41.9 Å². The Morgan fingerprint density at radius 3 is 2.66 bits per heavy atom. The van der Waals surface area contributed by atoms with Crippen LogP contribution in [-0.2, 0) is 4.74 Å². The molecule has 0 amide bonds. The number of nitriles is 1. The maximum atomic E-state index is 8.73. The summed E-state index contributed by atoms with van der Waals surface area (Å²) in [5.74, 6) is 0.539. The van der Waals surface area contributed by atoms with Crippen molar-refractivity contribution in [3.8, 4) is 17.3 Å².